The van der Waals surface area contributed by atoms with Gasteiger partial charge in [-0.15, -0.1) is 0 Å². The molecule has 1 aliphatic rings. The van der Waals surface area contributed by atoms with Crippen molar-refractivity contribution in [2.75, 3.05) is 13.1 Å². The summed E-state index contributed by atoms with van der Waals surface area (Å²) in [5, 5.41) is 10.1. The van der Waals surface area contributed by atoms with Crippen LogP contribution in [0.1, 0.15) is 32.3 Å². The van der Waals surface area contributed by atoms with Gasteiger partial charge in [0.1, 0.15) is 0 Å². The van der Waals surface area contributed by atoms with Gasteiger partial charge in [-0.3, -0.25) is 0 Å². The number of piperidine rings is 1. The van der Waals surface area contributed by atoms with Crippen LogP contribution in [0.2, 0.25) is 0 Å². The van der Waals surface area contributed by atoms with Crippen molar-refractivity contribution in [3.63, 3.8) is 0 Å². The van der Waals surface area contributed by atoms with Gasteiger partial charge >= 0.3 is 6.03 Å². The molecule has 0 unspecified atom stereocenters. The van der Waals surface area contributed by atoms with Crippen LogP contribution in [0, 0.1) is 0 Å². The second-order valence-electron chi connectivity index (χ2n) is 6.75. The van der Waals surface area contributed by atoms with Crippen LogP contribution in [0.25, 0.3) is 0 Å². The Bertz CT molecular complexity index is 876. The Hall–Kier alpha value is -1.69. The number of nitrogens with two attached hydrogens (primary N) is 1. The van der Waals surface area contributed by atoms with Crippen LogP contribution >= 0.6 is 0 Å². The molecule has 2 rings (SSSR count). The van der Waals surface area contributed by atoms with Crippen LogP contribution in [-0.2, 0) is 26.6 Å². The Morgan fingerprint density at radius 1 is 1.19 bits per heavy atom. The molecule has 11 heteroatoms. The maximum absolute atomic E-state index is 12.2. The monoisotopic (exact) mass is 418 g/mol. The quantitative estimate of drug-likeness (QED) is 0.611. The van der Waals surface area contributed by atoms with Crippen molar-refractivity contribution >= 4 is 26.1 Å². The SMILES string of the molecule is CC(C)S(=O)(=O)N1CCC(NC(=O)NCc2ccccc2S(N)(=O)=O)CC1. The molecule has 0 atom stereocenters. The van der Waals surface area contributed by atoms with E-state index in [0.717, 1.165) is 0 Å². The lowest BCUT2D eigenvalue weighted by molar-refractivity contribution is 0.227. The molecule has 0 bridgehead atoms. The predicted molar refractivity (Wildman–Crippen MR) is 102 cm³/mol. The molecule has 9 nitrogen and oxygen atoms in total. The van der Waals surface area contributed by atoms with E-state index in [1.165, 1.54) is 10.4 Å². The summed E-state index contributed by atoms with van der Waals surface area (Å²) in [7, 11) is -7.15. The van der Waals surface area contributed by atoms with Gasteiger partial charge in [0.05, 0.1) is 10.1 Å². The van der Waals surface area contributed by atoms with Crippen LogP contribution in [-0.4, -0.2) is 51.6 Å². The topological polar surface area (TPSA) is 139 Å². The molecule has 0 saturated carbocycles. The summed E-state index contributed by atoms with van der Waals surface area (Å²) in [6, 6.07) is 5.60. The molecule has 4 N–H and O–H groups in total. The maximum Gasteiger partial charge on any atom is 0.315 e. The van der Waals surface area contributed by atoms with Crippen molar-refractivity contribution in [3.05, 3.63) is 29.8 Å². The van der Waals surface area contributed by atoms with E-state index in [1.54, 1.807) is 32.0 Å². The fraction of sp³-hybridized carbons (Fsp3) is 0.562. The smallest absolute Gasteiger partial charge is 0.315 e. The van der Waals surface area contributed by atoms with Gasteiger partial charge in [0.25, 0.3) is 0 Å². The Labute approximate surface area is 160 Å². The highest BCUT2D eigenvalue weighted by Gasteiger charge is 2.30. The average Bonchev–Trinajstić information content (AvgIpc) is 2.60. The average molecular weight is 419 g/mol. The Balaban J connectivity index is 1.87. The lowest BCUT2D eigenvalue weighted by atomic mass is 10.1. The number of hydrogen-bond donors (Lipinski definition) is 3. The maximum atomic E-state index is 12.2. The highest BCUT2D eigenvalue weighted by Crippen LogP contribution is 2.17. The standard InChI is InChI=1S/C16H26N4O5S2/c1-12(2)27(24,25)20-9-7-14(8-10-20)19-16(21)18-11-13-5-3-4-6-15(13)26(17,22)23/h3-6,12,14H,7-11H2,1-2H3,(H2,17,22,23)(H2,18,19,21). The summed E-state index contributed by atoms with van der Waals surface area (Å²) in [6.45, 7) is 4.03. The normalized spacial score (nSPS) is 17.0. The zero-order valence-corrected chi connectivity index (χ0v) is 17.0. The molecule has 0 radical (unpaired) electrons. The molecule has 152 valence electrons. The van der Waals surface area contributed by atoms with Gasteiger partial charge in [0.2, 0.25) is 20.0 Å². The van der Waals surface area contributed by atoms with E-state index >= 15 is 0 Å². The number of nitrogens with one attached hydrogen (secondary N) is 2. The van der Waals surface area contributed by atoms with Crippen LogP contribution in [0.3, 0.4) is 0 Å². The molecule has 2 amide bonds. The molecule has 1 aliphatic heterocycles. The van der Waals surface area contributed by atoms with Crippen molar-refractivity contribution in [2.24, 2.45) is 5.14 Å². The minimum Gasteiger partial charge on any atom is -0.335 e. The molecule has 0 spiro atoms. The molecule has 1 fully saturated rings. The van der Waals surface area contributed by atoms with E-state index in [4.69, 9.17) is 5.14 Å². The second-order valence-corrected chi connectivity index (χ2v) is 10.8. The Morgan fingerprint density at radius 3 is 2.33 bits per heavy atom. The fourth-order valence-electron chi connectivity index (χ4n) is 2.89. The van der Waals surface area contributed by atoms with Gasteiger partial charge in [-0.25, -0.2) is 31.1 Å². The molecule has 1 heterocycles. The van der Waals surface area contributed by atoms with E-state index in [-0.39, 0.29) is 17.5 Å². The number of sulfonamides is 2. The molecule has 0 aromatic heterocycles. The minimum atomic E-state index is -3.87. The largest absolute Gasteiger partial charge is 0.335 e. The number of carbonyl (C=O) groups excluding carboxylic acids is 1. The van der Waals surface area contributed by atoms with Crippen molar-refractivity contribution < 1.29 is 21.6 Å². The Morgan fingerprint density at radius 2 is 1.78 bits per heavy atom. The summed E-state index contributed by atoms with van der Waals surface area (Å²) >= 11 is 0. The highest BCUT2D eigenvalue weighted by molar-refractivity contribution is 7.89. The third-order valence-electron chi connectivity index (χ3n) is 4.46. The van der Waals surface area contributed by atoms with Crippen LogP contribution in [0.15, 0.2) is 29.2 Å². The lowest BCUT2D eigenvalue weighted by Gasteiger charge is -2.32. The molecule has 1 aromatic carbocycles. The van der Waals surface area contributed by atoms with Gasteiger partial charge < -0.3 is 10.6 Å². The third-order valence-corrected chi connectivity index (χ3v) is 7.75. The molecule has 27 heavy (non-hydrogen) atoms. The third kappa shape index (κ3) is 5.64. The van der Waals surface area contributed by atoms with Crippen molar-refractivity contribution in [1.29, 1.82) is 0 Å². The Kier molecular flexibility index (Phi) is 6.84. The van der Waals surface area contributed by atoms with Crippen molar-refractivity contribution in [2.45, 2.75) is 49.4 Å². The number of amides is 2. The first-order chi connectivity index (χ1) is 12.5. The summed E-state index contributed by atoms with van der Waals surface area (Å²) in [5.41, 5.74) is 0.396. The number of benzene rings is 1. The summed E-state index contributed by atoms with van der Waals surface area (Å²) in [5.74, 6) is 0. The summed E-state index contributed by atoms with van der Waals surface area (Å²) in [6.07, 6.45) is 1.04. The van der Waals surface area contributed by atoms with Crippen LogP contribution in [0.5, 0.6) is 0 Å². The van der Waals surface area contributed by atoms with Gasteiger partial charge in [-0.05, 0) is 38.3 Å². The number of primary sulfonamides is 1. The number of hydrogen-bond acceptors (Lipinski definition) is 5. The number of carbonyl (C=O) groups is 1. The lowest BCUT2D eigenvalue weighted by Crippen LogP contribution is -2.50. The highest BCUT2D eigenvalue weighted by atomic mass is 32.2. The van der Waals surface area contributed by atoms with Gasteiger partial charge in [-0.2, -0.15) is 0 Å². The second kappa shape index (κ2) is 8.55. The number of urea groups is 1. The van der Waals surface area contributed by atoms with E-state index in [2.05, 4.69) is 10.6 Å². The van der Waals surface area contributed by atoms with Gasteiger partial charge in [-0.1, -0.05) is 18.2 Å². The zero-order valence-electron chi connectivity index (χ0n) is 15.4. The number of rotatable bonds is 6. The number of nitrogens with zero attached hydrogens (tertiary/aromatic N) is 1. The summed E-state index contributed by atoms with van der Waals surface area (Å²) in [4.78, 5) is 12.1. The van der Waals surface area contributed by atoms with Crippen molar-refractivity contribution in [3.8, 4) is 0 Å². The molecule has 0 aliphatic carbocycles. The van der Waals surface area contributed by atoms with Crippen molar-refractivity contribution in [1.82, 2.24) is 14.9 Å². The molecule has 1 aromatic rings. The van der Waals surface area contributed by atoms with Crippen LogP contribution < -0.4 is 15.8 Å². The summed E-state index contributed by atoms with van der Waals surface area (Å²) < 4.78 is 48.9. The minimum absolute atomic E-state index is 0.0129. The first kappa shape index (κ1) is 21.6. The van der Waals surface area contributed by atoms with Gasteiger partial charge in [0.15, 0.2) is 0 Å². The molecule has 1 saturated heterocycles. The van der Waals surface area contributed by atoms with Crippen LogP contribution in [0.4, 0.5) is 4.79 Å². The van der Waals surface area contributed by atoms with E-state index in [1.807, 2.05) is 0 Å². The zero-order chi connectivity index (χ0) is 20.2. The first-order valence-electron chi connectivity index (χ1n) is 8.66. The fourth-order valence-corrected chi connectivity index (χ4v) is 4.98. The molecular weight excluding hydrogens is 392 g/mol. The molecular formula is C16H26N4O5S2. The van der Waals surface area contributed by atoms with E-state index in [9.17, 15) is 21.6 Å². The first-order valence-corrected chi connectivity index (χ1v) is 11.7. The van der Waals surface area contributed by atoms with Gasteiger partial charge in [0, 0.05) is 25.7 Å². The van der Waals surface area contributed by atoms with E-state index < -0.39 is 31.3 Å². The predicted octanol–water partition coefficient (Wildman–Crippen LogP) is 0.336. The van der Waals surface area contributed by atoms with E-state index in [0.29, 0.717) is 31.5 Å².